The molecule has 0 unspecified atom stereocenters. The van der Waals surface area contributed by atoms with Crippen molar-refractivity contribution in [3.63, 3.8) is 0 Å². The first-order valence-electron chi connectivity index (χ1n) is 7.39. The molecule has 24 heavy (non-hydrogen) atoms. The van der Waals surface area contributed by atoms with Crippen LogP contribution in [0.1, 0.15) is 12.6 Å². The lowest BCUT2D eigenvalue weighted by Gasteiger charge is -2.03. The molecular formula is C17H14N4O2S. The van der Waals surface area contributed by atoms with E-state index in [-0.39, 0.29) is 5.91 Å². The lowest BCUT2D eigenvalue weighted by Crippen LogP contribution is -2.10. The first-order valence-corrected chi connectivity index (χ1v) is 8.27. The number of carbonyl (C=O) groups excluding carboxylic acids is 1. The molecule has 0 radical (unpaired) electrons. The molecule has 7 heteroatoms. The predicted molar refractivity (Wildman–Crippen MR) is 93.5 cm³/mol. The Bertz CT molecular complexity index is 1010. The molecule has 4 rings (SSSR count). The topological polar surface area (TPSA) is 73.0 Å². The number of anilines is 1. The fourth-order valence-corrected chi connectivity index (χ4v) is 3.27. The van der Waals surface area contributed by atoms with Crippen LogP contribution in [-0.4, -0.2) is 20.7 Å². The smallest absolute Gasteiger partial charge is 0.222 e. The molecule has 0 bridgehead atoms. The van der Waals surface area contributed by atoms with Gasteiger partial charge in [0.1, 0.15) is 17.1 Å². The van der Waals surface area contributed by atoms with E-state index in [2.05, 4.69) is 15.4 Å². The largest absolute Gasteiger partial charge is 0.454 e. The number of hydrogen-bond acceptors (Lipinski definition) is 5. The van der Waals surface area contributed by atoms with Crippen molar-refractivity contribution in [1.29, 1.82) is 0 Å². The van der Waals surface area contributed by atoms with Gasteiger partial charge in [0, 0.05) is 23.8 Å². The summed E-state index contributed by atoms with van der Waals surface area (Å²) < 4.78 is 7.48. The number of furan rings is 1. The van der Waals surface area contributed by atoms with Gasteiger partial charge in [-0.3, -0.25) is 4.79 Å². The van der Waals surface area contributed by atoms with E-state index in [0.29, 0.717) is 16.7 Å². The maximum absolute atomic E-state index is 11.3. The number of hydrogen-bond donors (Lipinski definition) is 1. The minimum Gasteiger partial charge on any atom is -0.454 e. The monoisotopic (exact) mass is 338 g/mol. The summed E-state index contributed by atoms with van der Waals surface area (Å²) in [5, 5.41) is 10.8. The predicted octanol–water partition coefficient (Wildman–Crippen LogP) is 4.01. The second-order valence-corrected chi connectivity index (χ2v) is 6.26. The average molecular weight is 338 g/mol. The van der Waals surface area contributed by atoms with Crippen molar-refractivity contribution in [1.82, 2.24) is 14.8 Å². The molecule has 0 saturated heterocycles. The molecule has 0 saturated carbocycles. The van der Waals surface area contributed by atoms with Gasteiger partial charge in [0.05, 0.1) is 5.69 Å². The van der Waals surface area contributed by atoms with E-state index in [9.17, 15) is 4.79 Å². The Morgan fingerprint density at radius 3 is 2.92 bits per heavy atom. The molecule has 0 fully saturated rings. The summed E-state index contributed by atoms with van der Waals surface area (Å²) in [4.78, 5) is 15.9. The van der Waals surface area contributed by atoms with Crippen LogP contribution in [0.4, 0.5) is 5.82 Å². The van der Waals surface area contributed by atoms with Gasteiger partial charge < -0.3 is 9.73 Å². The molecule has 0 aliphatic carbocycles. The molecule has 120 valence electrons. The third-order valence-corrected chi connectivity index (χ3v) is 4.30. The highest BCUT2D eigenvalue weighted by Crippen LogP contribution is 2.30. The van der Waals surface area contributed by atoms with Crippen LogP contribution < -0.4 is 5.32 Å². The second kappa shape index (κ2) is 5.61. The van der Waals surface area contributed by atoms with E-state index in [1.165, 1.54) is 18.3 Å². The number of fused-ring (bicyclic) bond motifs is 1. The van der Waals surface area contributed by atoms with Gasteiger partial charge in [0.2, 0.25) is 11.0 Å². The standard InChI is InChI=1S/C17H14N4O2S/c1-10-7-16(18-11(2)22)21(20-10)17-19-13(9-24-17)15-8-12-5-3-4-6-14(12)23-15/h3-9H,1-2H3,(H,18,22). The molecule has 6 nitrogen and oxygen atoms in total. The van der Waals surface area contributed by atoms with Crippen LogP contribution in [0.15, 0.2) is 46.2 Å². The molecule has 1 N–H and O–H groups in total. The van der Waals surface area contributed by atoms with Crippen molar-refractivity contribution < 1.29 is 9.21 Å². The van der Waals surface area contributed by atoms with Crippen LogP contribution >= 0.6 is 11.3 Å². The highest BCUT2D eigenvalue weighted by Gasteiger charge is 2.15. The SMILES string of the molecule is CC(=O)Nc1cc(C)nn1-c1nc(-c2cc3ccccc3o2)cs1. The summed E-state index contributed by atoms with van der Waals surface area (Å²) in [5.41, 5.74) is 2.38. The zero-order chi connectivity index (χ0) is 16.7. The van der Waals surface area contributed by atoms with E-state index in [4.69, 9.17) is 4.42 Å². The first kappa shape index (κ1) is 14.6. The Morgan fingerprint density at radius 1 is 1.29 bits per heavy atom. The number of amides is 1. The van der Waals surface area contributed by atoms with E-state index < -0.39 is 0 Å². The molecule has 3 heterocycles. The molecule has 0 spiro atoms. The third-order valence-electron chi connectivity index (χ3n) is 3.49. The minimum atomic E-state index is -0.148. The van der Waals surface area contributed by atoms with E-state index >= 15 is 0 Å². The van der Waals surface area contributed by atoms with Crippen molar-refractivity contribution in [2.75, 3.05) is 5.32 Å². The molecule has 1 amide bonds. The molecular weight excluding hydrogens is 324 g/mol. The van der Waals surface area contributed by atoms with Gasteiger partial charge in [-0.25, -0.2) is 4.98 Å². The van der Waals surface area contributed by atoms with Crippen molar-refractivity contribution in [2.24, 2.45) is 0 Å². The van der Waals surface area contributed by atoms with Crippen LogP contribution in [-0.2, 0) is 4.79 Å². The molecule has 0 aliphatic heterocycles. The summed E-state index contributed by atoms with van der Waals surface area (Å²) in [6.45, 7) is 3.34. The van der Waals surface area contributed by atoms with Crippen LogP contribution in [0.5, 0.6) is 0 Å². The average Bonchev–Trinajstić information content (AvgIpc) is 3.23. The van der Waals surface area contributed by atoms with Crippen LogP contribution in [0.3, 0.4) is 0 Å². The van der Waals surface area contributed by atoms with Gasteiger partial charge in [-0.1, -0.05) is 18.2 Å². The van der Waals surface area contributed by atoms with Gasteiger partial charge in [-0.2, -0.15) is 9.78 Å². The molecule has 0 aliphatic rings. The maximum atomic E-state index is 11.3. The number of rotatable bonds is 3. The van der Waals surface area contributed by atoms with Crippen LogP contribution in [0.25, 0.3) is 27.6 Å². The number of aryl methyl sites for hydroxylation is 1. The van der Waals surface area contributed by atoms with Crippen molar-refractivity contribution in [3.05, 3.63) is 47.5 Å². The van der Waals surface area contributed by atoms with Gasteiger partial charge in [-0.15, -0.1) is 11.3 Å². The van der Waals surface area contributed by atoms with Crippen molar-refractivity contribution >= 4 is 34.0 Å². The number of nitrogens with one attached hydrogen (secondary N) is 1. The summed E-state index contributed by atoms with van der Waals surface area (Å²) in [6, 6.07) is 11.6. The molecule has 0 atom stereocenters. The summed E-state index contributed by atoms with van der Waals surface area (Å²) in [5.74, 6) is 1.17. The lowest BCUT2D eigenvalue weighted by atomic mass is 10.2. The number of aromatic nitrogens is 3. The minimum absolute atomic E-state index is 0.148. The van der Waals surface area contributed by atoms with Crippen molar-refractivity contribution in [3.8, 4) is 16.6 Å². The Morgan fingerprint density at radius 2 is 2.12 bits per heavy atom. The van der Waals surface area contributed by atoms with Crippen LogP contribution in [0, 0.1) is 6.92 Å². The number of thiazole rings is 1. The van der Waals surface area contributed by atoms with Crippen LogP contribution in [0.2, 0.25) is 0 Å². The fourth-order valence-electron chi connectivity index (χ4n) is 2.50. The highest BCUT2D eigenvalue weighted by atomic mass is 32.1. The molecule has 4 aromatic rings. The lowest BCUT2D eigenvalue weighted by molar-refractivity contribution is -0.114. The third kappa shape index (κ3) is 2.59. The van der Waals surface area contributed by atoms with E-state index in [1.54, 1.807) is 4.68 Å². The normalized spacial score (nSPS) is 11.1. The highest BCUT2D eigenvalue weighted by molar-refractivity contribution is 7.12. The number of para-hydroxylation sites is 1. The molecule has 3 aromatic heterocycles. The fraction of sp³-hybridized carbons (Fsp3) is 0.118. The summed E-state index contributed by atoms with van der Waals surface area (Å²) in [6.07, 6.45) is 0. The van der Waals surface area contributed by atoms with E-state index in [0.717, 1.165) is 22.4 Å². The van der Waals surface area contributed by atoms with Gasteiger partial charge in [-0.05, 0) is 19.1 Å². The zero-order valence-electron chi connectivity index (χ0n) is 13.1. The number of benzene rings is 1. The van der Waals surface area contributed by atoms with Gasteiger partial charge in [0.15, 0.2) is 5.76 Å². The van der Waals surface area contributed by atoms with Crippen molar-refractivity contribution in [2.45, 2.75) is 13.8 Å². The van der Waals surface area contributed by atoms with Gasteiger partial charge in [0.25, 0.3) is 0 Å². The zero-order valence-corrected chi connectivity index (χ0v) is 13.9. The quantitative estimate of drug-likeness (QED) is 0.612. The number of nitrogens with zero attached hydrogens (tertiary/aromatic N) is 3. The van der Waals surface area contributed by atoms with Gasteiger partial charge >= 0.3 is 0 Å². The second-order valence-electron chi connectivity index (χ2n) is 5.43. The maximum Gasteiger partial charge on any atom is 0.222 e. The summed E-state index contributed by atoms with van der Waals surface area (Å²) >= 11 is 1.44. The number of carbonyl (C=O) groups is 1. The Labute approximate surface area is 141 Å². The Kier molecular flexibility index (Phi) is 3.42. The Balaban J connectivity index is 1.74. The Hall–Kier alpha value is -2.93. The molecule has 1 aromatic carbocycles. The first-order chi connectivity index (χ1) is 11.6. The summed E-state index contributed by atoms with van der Waals surface area (Å²) in [7, 11) is 0. The van der Waals surface area contributed by atoms with E-state index in [1.807, 2.05) is 48.7 Å².